The van der Waals surface area contributed by atoms with Gasteiger partial charge in [-0.3, -0.25) is 0 Å². The summed E-state index contributed by atoms with van der Waals surface area (Å²) in [5.41, 5.74) is 1.37. The standard InChI is InChI=1S/C12H15FO2/c1-8(2)10(7-14)3-9-4-11(13)6-12(15)5-9/h3-6,8,14-15H,7H2,1-2H3/b10-3+. The molecule has 0 atom stereocenters. The van der Waals surface area contributed by atoms with Gasteiger partial charge in [-0.2, -0.15) is 0 Å². The molecule has 0 fully saturated rings. The summed E-state index contributed by atoms with van der Waals surface area (Å²) >= 11 is 0. The predicted molar refractivity (Wildman–Crippen MR) is 58.0 cm³/mol. The Hall–Kier alpha value is -1.35. The molecule has 0 saturated heterocycles. The molecule has 82 valence electrons. The van der Waals surface area contributed by atoms with Gasteiger partial charge in [0.25, 0.3) is 0 Å². The quantitative estimate of drug-likeness (QED) is 0.805. The van der Waals surface area contributed by atoms with Crippen molar-refractivity contribution < 1.29 is 14.6 Å². The van der Waals surface area contributed by atoms with E-state index in [4.69, 9.17) is 5.11 Å². The molecule has 0 aromatic heterocycles. The van der Waals surface area contributed by atoms with Gasteiger partial charge in [-0.05, 0) is 29.2 Å². The monoisotopic (exact) mass is 210 g/mol. The van der Waals surface area contributed by atoms with E-state index in [1.54, 1.807) is 6.08 Å². The van der Waals surface area contributed by atoms with Crippen LogP contribution in [0.5, 0.6) is 5.75 Å². The number of hydrogen-bond acceptors (Lipinski definition) is 2. The lowest BCUT2D eigenvalue weighted by molar-refractivity contribution is 0.320. The Morgan fingerprint density at radius 2 is 2.07 bits per heavy atom. The fourth-order valence-corrected chi connectivity index (χ4v) is 1.29. The second-order valence-electron chi connectivity index (χ2n) is 3.77. The largest absolute Gasteiger partial charge is 0.508 e. The molecule has 0 amide bonds. The Balaban J connectivity index is 3.05. The molecule has 2 nitrogen and oxygen atoms in total. The van der Waals surface area contributed by atoms with E-state index in [1.165, 1.54) is 12.1 Å². The first-order valence-corrected chi connectivity index (χ1v) is 4.84. The molecule has 0 aliphatic heterocycles. The number of hydrogen-bond donors (Lipinski definition) is 2. The molecule has 0 heterocycles. The molecule has 0 spiro atoms. The molecule has 2 N–H and O–H groups in total. The van der Waals surface area contributed by atoms with Crippen molar-refractivity contribution in [2.45, 2.75) is 13.8 Å². The number of rotatable bonds is 3. The number of phenolic OH excluding ortho intramolecular Hbond substituents is 1. The number of aliphatic hydroxyl groups is 1. The number of halogens is 1. The van der Waals surface area contributed by atoms with Crippen LogP contribution in [0.2, 0.25) is 0 Å². The maximum Gasteiger partial charge on any atom is 0.127 e. The lowest BCUT2D eigenvalue weighted by Gasteiger charge is -2.08. The van der Waals surface area contributed by atoms with E-state index in [-0.39, 0.29) is 18.3 Å². The minimum Gasteiger partial charge on any atom is -0.508 e. The zero-order chi connectivity index (χ0) is 11.4. The van der Waals surface area contributed by atoms with E-state index in [9.17, 15) is 9.50 Å². The lowest BCUT2D eigenvalue weighted by atomic mass is 10.0. The van der Waals surface area contributed by atoms with Crippen molar-refractivity contribution in [1.82, 2.24) is 0 Å². The maximum absolute atomic E-state index is 12.9. The fourth-order valence-electron chi connectivity index (χ4n) is 1.29. The van der Waals surface area contributed by atoms with Gasteiger partial charge in [-0.25, -0.2) is 4.39 Å². The molecular formula is C12H15FO2. The Kier molecular flexibility index (Phi) is 3.86. The van der Waals surface area contributed by atoms with E-state index < -0.39 is 5.82 Å². The average molecular weight is 210 g/mol. The van der Waals surface area contributed by atoms with Crippen molar-refractivity contribution in [1.29, 1.82) is 0 Å². The van der Waals surface area contributed by atoms with Crippen LogP contribution >= 0.6 is 0 Å². The smallest absolute Gasteiger partial charge is 0.127 e. The Bertz CT molecular complexity index is 350. The van der Waals surface area contributed by atoms with Crippen molar-refractivity contribution in [3.8, 4) is 5.75 Å². The van der Waals surface area contributed by atoms with Crippen LogP contribution in [0.4, 0.5) is 4.39 Å². The van der Waals surface area contributed by atoms with Gasteiger partial charge in [0.1, 0.15) is 11.6 Å². The van der Waals surface area contributed by atoms with Crippen molar-refractivity contribution in [2.24, 2.45) is 5.92 Å². The third kappa shape index (κ3) is 3.36. The SMILES string of the molecule is CC(C)/C(=C/c1cc(O)cc(F)c1)CO. The van der Waals surface area contributed by atoms with Gasteiger partial charge >= 0.3 is 0 Å². The third-order valence-electron chi connectivity index (χ3n) is 2.18. The van der Waals surface area contributed by atoms with Gasteiger partial charge in [-0.1, -0.05) is 19.9 Å². The van der Waals surface area contributed by atoms with Crippen LogP contribution in [0.25, 0.3) is 6.08 Å². The van der Waals surface area contributed by atoms with E-state index in [1.807, 2.05) is 13.8 Å². The Morgan fingerprint density at radius 1 is 1.40 bits per heavy atom. The van der Waals surface area contributed by atoms with Crippen LogP contribution in [-0.2, 0) is 0 Å². The second kappa shape index (κ2) is 4.94. The van der Waals surface area contributed by atoms with Crippen LogP contribution in [0.15, 0.2) is 23.8 Å². The van der Waals surface area contributed by atoms with Gasteiger partial charge < -0.3 is 10.2 Å². The van der Waals surface area contributed by atoms with Crippen LogP contribution in [-0.4, -0.2) is 16.8 Å². The van der Waals surface area contributed by atoms with Gasteiger partial charge in [0, 0.05) is 6.07 Å². The molecule has 0 aliphatic rings. The minimum absolute atomic E-state index is 0.0606. The normalized spacial score (nSPS) is 12.2. The molecule has 0 aliphatic carbocycles. The molecule has 1 rings (SSSR count). The van der Waals surface area contributed by atoms with Crippen molar-refractivity contribution in [2.75, 3.05) is 6.61 Å². The zero-order valence-electron chi connectivity index (χ0n) is 8.87. The highest BCUT2D eigenvalue weighted by molar-refractivity contribution is 5.55. The van der Waals surface area contributed by atoms with Gasteiger partial charge in [0.05, 0.1) is 6.61 Å². The summed E-state index contributed by atoms with van der Waals surface area (Å²) in [7, 11) is 0. The molecular weight excluding hydrogens is 195 g/mol. The average Bonchev–Trinajstić information content (AvgIpc) is 2.12. The molecule has 15 heavy (non-hydrogen) atoms. The number of aromatic hydroxyl groups is 1. The summed E-state index contributed by atoms with van der Waals surface area (Å²) in [6.07, 6.45) is 1.69. The first-order chi connectivity index (χ1) is 7.02. The van der Waals surface area contributed by atoms with E-state index in [0.717, 1.165) is 11.6 Å². The number of benzene rings is 1. The summed E-state index contributed by atoms with van der Waals surface area (Å²) in [6.45, 7) is 3.83. The minimum atomic E-state index is -0.484. The molecule has 0 radical (unpaired) electrons. The van der Waals surface area contributed by atoms with Crippen molar-refractivity contribution in [3.05, 3.63) is 35.2 Å². The van der Waals surface area contributed by atoms with Crippen molar-refractivity contribution in [3.63, 3.8) is 0 Å². The number of aliphatic hydroxyl groups excluding tert-OH is 1. The van der Waals surface area contributed by atoms with Crippen molar-refractivity contribution >= 4 is 6.08 Å². The highest BCUT2D eigenvalue weighted by atomic mass is 19.1. The maximum atomic E-state index is 12.9. The van der Waals surface area contributed by atoms with Gasteiger partial charge in [0.15, 0.2) is 0 Å². The van der Waals surface area contributed by atoms with Gasteiger partial charge in [-0.15, -0.1) is 0 Å². The third-order valence-corrected chi connectivity index (χ3v) is 2.18. The number of phenols is 1. The summed E-state index contributed by atoms with van der Waals surface area (Å²) in [4.78, 5) is 0. The first-order valence-electron chi connectivity index (χ1n) is 4.84. The fraction of sp³-hybridized carbons (Fsp3) is 0.333. The van der Waals surface area contributed by atoms with E-state index in [0.29, 0.717) is 5.56 Å². The summed E-state index contributed by atoms with van der Waals surface area (Å²) < 4.78 is 12.9. The summed E-state index contributed by atoms with van der Waals surface area (Å²) in [5, 5.41) is 18.3. The highest BCUT2D eigenvalue weighted by Crippen LogP contribution is 2.19. The molecule has 1 aromatic rings. The zero-order valence-corrected chi connectivity index (χ0v) is 8.87. The second-order valence-corrected chi connectivity index (χ2v) is 3.77. The Labute approximate surface area is 88.7 Å². The van der Waals surface area contributed by atoms with Crippen LogP contribution in [0.1, 0.15) is 19.4 Å². The molecule has 0 bridgehead atoms. The first kappa shape index (κ1) is 11.7. The summed E-state index contributed by atoms with van der Waals surface area (Å²) in [5.74, 6) is -0.398. The van der Waals surface area contributed by atoms with Crippen LogP contribution in [0, 0.1) is 11.7 Å². The highest BCUT2D eigenvalue weighted by Gasteiger charge is 2.03. The summed E-state index contributed by atoms with van der Waals surface area (Å²) in [6, 6.07) is 3.82. The van der Waals surface area contributed by atoms with Crippen LogP contribution in [0.3, 0.4) is 0 Å². The molecule has 3 heteroatoms. The predicted octanol–water partition coefficient (Wildman–Crippen LogP) is 2.56. The van der Waals surface area contributed by atoms with E-state index >= 15 is 0 Å². The Morgan fingerprint density at radius 3 is 2.53 bits per heavy atom. The van der Waals surface area contributed by atoms with Crippen LogP contribution < -0.4 is 0 Å². The lowest BCUT2D eigenvalue weighted by Crippen LogP contribution is -1.98. The van der Waals surface area contributed by atoms with E-state index in [2.05, 4.69) is 0 Å². The molecule has 1 aromatic carbocycles. The molecule has 0 saturated carbocycles. The topological polar surface area (TPSA) is 40.5 Å². The molecule has 0 unspecified atom stereocenters. The van der Waals surface area contributed by atoms with Gasteiger partial charge in [0.2, 0.25) is 0 Å².